The second-order valence-electron chi connectivity index (χ2n) is 11.1. The van der Waals surface area contributed by atoms with E-state index in [1.807, 2.05) is 6.08 Å². The number of rotatable bonds is 4. The van der Waals surface area contributed by atoms with E-state index in [2.05, 4.69) is 94.0 Å². The van der Waals surface area contributed by atoms with Gasteiger partial charge in [-0.1, -0.05) is 66.7 Å². The van der Waals surface area contributed by atoms with Gasteiger partial charge < -0.3 is 10.2 Å². The van der Waals surface area contributed by atoms with Crippen molar-refractivity contribution < 1.29 is 4.79 Å². The van der Waals surface area contributed by atoms with E-state index in [1.54, 1.807) is 6.08 Å². The van der Waals surface area contributed by atoms with Gasteiger partial charge in [-0.2, -0.15) is 0 Å². The first-order valence-electron chi connectivity index (χ1n) is 14.4. The topological polar surface area (TPSA) is 35.6 Å². The van der Waals surface area contributed by atoms with E-state index in [0.29, 0.717) is 12.5 Å². The number of ketones is 1. The van der Waals surface area contributed by atoms with Crippen LogP contribution in [-0.4, -0.2) is 50.0 Å². The third-order valence-electron chi connectivity index (χ3n) is 8.87. The molecule has 3 aromatic rings. The second-order valence-corrected chi connectivity index (χ2v) is 11.1. The van der Waals surface area contributed by atoms with E-state index in [9.17, 15) is 4.79 Å². The van der Waals surface area contributed by atoms with Crippen LogP contribution in [0.4, 0.5) is 5.69 Å². The van der Waals surface area contributed by atoms with Crippen LogP contribution in [0.25, 0.3) is 16.7 Å². The highest BCUT2D eigenvalue weighted by Crippen LogP contribution is 2.45. The molecule has 7 rings (SSSR count). The van der Waals surface area contributed by atoms with Crippen LogP contribution in [0.1, 0.15) is 34.6 Å². The van der Waals surface area contributed by atoms with Crippen molar-refractivity contribution in [1.29, 1.82) is 0 Å². The van der Waals surface area contributed by atoms with Crippen LogP contribution in [0.15, 0.2) is 96.7 Å². The lowest BCUT2D eigenvalue weighted by Crippen LogP contribution is -2.47. The first kappa shape index (κ1) is 24.2. The highest BCUT2D eigenvalue weighted by molar-refractivity contribution is 5.94. The molecule has 2 aliphatic heterocycles. The summed E-state index contributed by atoms with van der Waals surface area (Å²) in [4.78, 5) is 17.2. The average Bonchev–Trinajstić information content (AvgIpc) is 3.22. The molecule has 1 saturated heterocycles. The quantitative estimate of drug-likeness (QED) is 0.481. The number of nitrogens with one attached hydrogen (secondary N) is 1. The van der Waals surface area contributed by atoms with Gasteiger partial charge >= 0.3 is 0 Å². The van der Waals surface area contributed by atoms with Crippen LogP contribution in [-0.2, 0) is 17.6 Å². The Hall–Kier alpha value is -3.89. The Balaban J connectivity index is 1.21. The zero-order valence-corrected chi connectivity index (χ0v) is 22.4. The number of anilines is 1. The minimum absolute atomic E-state index is 0.118. The van der Waals surface area contributed by atoms with Crippen molar-refractivity contribution in [2.75, 3.05) is 44.2 Å². The Bertz CT molecular complexity index is 1490. The standard InChI is InChI=1S/C35H35N3O/c39-28-10-6-12-34(36-23-28)31-15-14-26(24-37-19-21-38(22-20-37)27-8-2-1-3-9-27)35-32-16-13-25-7-4-5-11-29(25)30(32)17-18-33(31)35/h1-12,15,17-18,26,36H,13-14,16,19-24H2. The van der Waals surface area contributed by atoms with Crippen molar-refractivity contribution in [3.63, 3.8) is 0 Å². The molecule has 0 radical (unpaired) electrons. The molecule has 1 N–H and O–H groups in total. The molecule has 0 aromatic heterocycles. The Morgan fingerprint density at radius 1 is 0.821 bits per heavy atom. The minimum Gasteiger partial charge on any atom is -0.377 e. The largest absolute Gasteiger partial charge is 0.377 e. The molecule has 0 saturated carbocycles. The number of aryl methyl sites for hydroxylation is 1. The predicted octanol–water partition coefficient (Wildman–Crippen LogP) is 5.76. The number of hydrogen-bond donors (Lipinski definition) is 1. The summed E-state index contributed by atoms with van der Waals surface area (Å²) in [5, 5.41) is 3.42. The summed E-state index contributed by atoms with van der Waals surface area (Å²) in [6.07, 6.45) is 11.3. The van der Waals surface area contributed by atoms with Gasteiger partial charge in [-0.15, -0.1) is 0 Å². The number of para-hydroxylation sites is 1. The van der Waals surface area contributed by atoms with E-state index in [-0.39, 0.29) is 5.78 Å². The molecule has 0 bridgehead atoms. The van der Waals surface area contributed by atoms with Gasteiger partial charge in [-0.3, -0.25) is 9.69 Å². The summed E-state index contributed by atoms with van der Waals surface area (Å²) < 4.78 is 0. The van der Waals surface area contributed by atoms with Gasteiger partial charge in [0.15, 0.2) is 5.78 Å². The first-order valence-corrected chi connectivity index (χ1v) is 14.4. The second kappa shape index (κ2) is 10.3. The van der Waals surface area contributed by atoms with Gasteiger partial charge in [0.25, 0.3) is 0 Å². The van der Waals surface area contributed by atoms with Crippen molar-refractivity contribution in [3.05, 3.63) is 119 Å². The highest BCUT2D eigenvalue weighted by atomic mass is 16.1. The fraction of sp³-hybridized carbons (Fsp3) is 0.286. The first-order chi connectivity index (χ1) is 19.2. The third kappa shape index (κ3) is 4.63. The van der Waals surface area contributed by atoms with Crippen LogP contribution in [0.5, 0.6) is 0 Å². The Labute approximate surface area is 231 Å². The number of carbonyl (C=O) groups is 1. The molecule has 4 nitrogen and oxygen atoms in total. The van der Waals surface area contributed by atoms with Crippen molar-refractivity contribution in [1.82, 2.24) is 10.2 Å². The van der Waals surface area contributed by atoms with Gasteiger partial charge in [-0.25, -0.2) is 0 Å². The smallest absolute Gasteiger partial charge is 0.174 e. The fourth-order valence-corrected chi connectivity index (χ4v) is 6.93. The SMILES string of the molecule is O=C1C=CC=C(C2=CCC(CN3CCN(c4ccccc4)CC3)c3c2ccc2c3CCc3ccccc3-2)NC1. The Morgan fingerprint density at radius 3 is 2.49 bits per heavy atom. The van der Waals surface area contributed by atoms with E-state index in [1.165, 1.54) is 44.6 Å². The Morgan fingerprint density at radius 2 is 1.62 bits per heavy atom. The van der Waals surface area contributed by atoms with Crippen molar-refractivity contribution in [3.8, 4) is 11.1 Å². The molecule has 1 atom stereocenters. The van der Waals surface area contributed by atoms with Crippen LogP contribution in [0, 0.1) is 0 Å². The highest BCUT2D eigenvalue weighted by Gasteiger charge is 2.31. The van der Waals surface area contributed by atoms with Gasteiger partial charge in [0.2, 0.25) is 0 Å². The number of carbonyl (C=O) groups excluding carboxylic acids is 1. The fourth-order valence-electron chi connectivity index (χ4n) is 6.93. The predicted molar refractivity (Wildman–Crippen MR) is 160 cm³/mol. The summed E-state index contributed by atoms with van der Waals surface area (Å²) in [5.74, 6) is 0.586. The zero-order valence-electron chi connectivity index (χ0n) is 22.4. The molecular weight excluding hydrogens is 478 g/mol. The third-order valence-corrected chi connectivity index (χ3v) is 8.87. The number of piperazine rings is 1. The monoisotopic (exact) mass is 513 g/mol. The van der Waals surface area contributed by atoms with Crippen molar-refractivity contribution in [2.24, 2.45) is 0 Å². The molecule has 2 aliphatic carbocycles. The van der Waals surface area contributed by atoms with Crippen LogP contribution < -0.4 is 10.2 Å². The summed E-state index contributed by atoms with van der Waals surface area (Å²) in [6.45, 7) is 5.76. The summed E-state index contributed by atoms with van der Waals surface area (Å²) in [6, 6.07) is 24.4. The molecular formula is C35H35N3O. The van der Waals surface area contributed by atoms with E-state index in [4.69, 9.17) is 0 Å². The molecule has 4 heteroatoms. The minimum atomic E-state index is 0.118. The molecule has 1 unspecified atom stereocenters. The zero-order chi connectivity index (χ0) is 26.2. The molecule has 0 spiro atoms. The van der Waals surface area contributed by atoms with Crippen LogP contribution in [0.2, 0.25) is 0 Å². The van der Waals surface area contributed by atoms with Crippen molar-refractivity contribution >= 4 is 17.0 Å². The number of fused-ring (bicyclic) bond motifs is 5. The molecule has 1 fully saturated rings. The number of hydrogen-bond acceptors (Lipinski definition) is 4. The van der Waals surface area contributed by atoms with Gasteiger partial charge in [0.05, 0.1) is 6.54 Å². The molecule has 4 aliphatic rings. The molecule has 196 valence electrons. The normalized spacial score (nSPS) is 20.7. The maximum Gasteiger partial charge on any atom is 0.174 e. The lowest BCUT2D eigenvalue weighted by molar-refractivity contribution is -0.113. The summed E-state index contributed by atoms with van der Waals surface area (Å²) in [7, 11) is 0. The maximum atomic E-state index is 12.0. The maximum absolute atomic E-state index is 12.0. The Kier molecular flexibility index (Phi) is 6.41. The lowest BCUT2D eigenvalue weighted by atomic mass is 9.73. The van der Waals surface area contributed by atoms with Crippen molar-refractivity contribution in [2.45, 2.75) is 25.2 Å². The number of allylic oxidation sites excluding steroid dienone is 4. The number of benzene rings is 3. The summed E-state index contributed by atoms with van der Waals surface area (Å²) in [5.41, 5.74) is 12.3. The van der Waals surface area contributed by atoms with Gasteiger partial charge in [-0.05, 0) is 76.9 Å². The molecule has 0 amide bonds. The van der Waals surface area contributed by atoms with Gasteiger partial charge in [0.1, 0.15) is 0 Å². The van der Waals surface area contributed by atoms with E-state index in [0.717, 1.165) is 57.7 Å². The van der Waals surface area contributed by atoms with Crippen LogP contribution in [0.3, 0.4) is 0 Å². The molecule has 3 aromatic carbocycles. The van der Waals surface area contributed by atoms with E-state index >= 15 is 0 Å². The lowest BCUT2D eigenvalue weighted by Gasteiger charge is -2.39. The average molecular weight is 514 g/mol. The van der Waals surface area contributed by atoms with E-state index < -0.39 is 0 Å². The number of nitrogens with zero attached hydrogens (tertiary/aromatic N) is 2. The van der Waals surface area contributed by atoms with Gasteiger partial charge in [0, 0.05) is 55.6 Å². The van der Waals surface area contributed by atoms with Crippen LogP contribution >= 0.6 is 0 Å². The summed E-state index contributed by atoms with van der Waals surface area (Å²) >= 11 is 0. The molecule has 2 heterocycles. The molecule has 39 heavy (non-hydrogen) atoms.